The molecule has 2 atom stereocenters. The number of rotatable bonds is 5. The summed E-state index contributed by atoms with van der Waals surface area (Å²) in [6, 6.07) is 1.56. The topological polar surface area (TPSA) is 15.3 Å². The number of piperidine rings is 1. The Labute approximate surface area is 89.1 Å². The highest BCUT2D eigenvalue weighted by atomic mass is 15.2. The first-order valence-electron chi connectivity index (χ1n) is 6.23. The highest BCUT2D eigenvalue weighted by Gasteiger charge is 2.23. The Morgan fingerprint density at radius 3 is 2.79 bits per heavy atom. The fraction of sp³-hybridized carbons (Fsp3) is 1.00. The van der Waals surface area contributed by atoms with Crippen LogP contribution in [0.25, 0.3) is 0 Å². The first-order chi connectivity index (χ1) is 6.81. The molecule has 0 bridgehead atoms. The van der Waals surface area contributed by atoms with Crippen molar-refractivity contribution >= 4 is 0 Å². The van der Waals surface area contributed by atoms with E-state index >= 15 is 0 Å². The Morgan fingerprint density at radius 1 is 1.43 bits per heavy atom. The lowest BCUT2D eigenvalue weighted by atomic mass is 10.0. The minimum absolute atomic E-state index is 0.731. The molecule has 1 saturated heterocycles. The quantitative estimate of drug-likeness (QED) is 0.729. The second-order valence-corrected chi connectivity index (χ2v) is 4.47. The van der Waals surface area contributed by atoms with Crippen LogP contribution < -0.4 is 5.32 Å². The summed E-state index contributed by atoms with van der Waals surface area (Å²) >= 11 is 0. The molecule has 0 radical (unpaired) electrons. The van der Waals surface area contributed by atoms with E-state index in [1.165, 1.54) is 45.2 Å². The van der Waals surface area contributed by atoms with Crippen LogP contribution in [0.2, 0.25) is 0 Å². The van der Waals surface area contributed by atoms with Gasteiger partial charge in [0.2, 0.25) is 0 Å². The Morgan fingerprint density at radius 2 is 2.21 bits per heavy atom. The van der Waals surface area contributed by atoms with Crippen molar-refractivity contribution in [1.29, 1.82) is 0 Å². The molecule has 0 spiro atoms. The molecule has 0 aromatic rings. The van der Waals surface area contributed by atoms with Gasteiger partial charge in [-0.25, -0.2) is 0 Å². The van der Waals surface area contributed by atoms with Gasteiger partial charge >= 0.3 is 0 Å². The van der Waals surface area contributed by atoms with Crippen LogP contribution in [0.4, 0.5) is 0 Å². The van der Waals surface area contributed by atoms with Crippen molar-refractivity contribution in [3.05, 3.63) is 0 Å². The van der Waals surface area contributed by atoms with Crippen molar-refractivity contribution in [2.24, 2.45) is 0 Å². The van der Waals surface area contributed by atoms with E-state index in [2.05, 4.69) is 31.1 Å². The largest absolute Gasteiger partial charge is 0.316 e. The fourth-order valence-corrected chi connectivity index (χ4v) is 2.55. The summed E-state index contributed by atoms with van der Waals surface area (Å²) in [5.74, 6) is 0. The standard InChI is InChI=1S/C12H26N2/c1-4-7-12(5-2)14-9-6-8-11(10-14)13-3/h11-13H,4-10H2,1-3H3. The zero-order valence-electron chi connectivity index (χ0n) is 10.1. The van der Waals surface area contributed by atoms with Gasteiger partial charge in [0, 0.05) is 18.6 Å². The molecule has 2 nitrogen and oxygen atoms in total. The third kappa shape index (κ3) is 3.25. The van der Waals surface area contributed by atoms with E-state index in [9.17, 15) is 0 Å². The highest BCUT2D eigenvalue weighted by Crippen LogP contribution is 2.17. The molecular weight excluding hydrogens is 172 g/mol. The highest BCUT2D eigenvalue weighted by molar-refractivity contribution is 4.81. The van der Waals surface area contributed by atoms with Crippen LogP contribution in [0.5, 0.6) is 0 Å². The number of nitrogens with zero attached hydrogens (tertiary/aromatic N) is 1. The van der Waals surface area contributed by atoms with Gasteiger partial charge in [0.1, 0.15) is 0 Å². The monoisotopic (exact) mass is 198 g/mol. The summed E-state index contributed by atoms with van der Waals surface area (Å²) in [7, 11) is 2.09. The van der Waals surface area contributed by atoms with E-state index in [1.807, 2.05) is 0 Å². The van der Waals surface area contributed by atoms with Crippen LogP contribution in [0, 0.1) is 0 Å². The lowest BCUT2D eigenvalue weighted by Gasteiger charge is -2.38. The molecule has 0 aliphatic carbocycles. The van der Waals surface area contributed by atoms with Crippen molar-refractivity contribution in [1.82, 2.24) is 10.2 Å². The molecule has 1 rings (SSSR count). The lowest BCUT2D eigenvalue weighted by Crippen LogP contribution is -2.48. The number of likely N-dealkylation sites (N-methyl/N-ethyl adjacent to an activating group) is 1. The van der Waals surface area contributed by atoms with Gasteiger partial charge in [0.15, 0.2) is 0 Å². The minimum Gasteiger partial charge on any atom is -0.316 e. The van der Waals surface area contributed by atoms with E-state index in [0.717, 1.165) is 12.1 Å². The van der Waals surface area contributed by atoms with E-state index < -0.39 is 0 Å². The predicted molar refractivity (Wildman–Crippen MR) is 62.6 cm³/mol. The normalized spacial score (nSPS) is 26.4. The second kappa shape index (κ2) is 6.41. The Kier molecular flexibility index (Phi) is 5.49. The minimum atomic E-state index is 0.731. The van der Waals surface area contributed by atoms with Crippen LogP contribution >= 0.6 is 0 Å². The average Bonchev–Trinajstić information content (AvgIpc) is 2.26. The Hall–Kier alpha value is -0.0800. The molecule has 84 valence electrons. The van der Waals surface area contributed by atoms with Gasteiger partial charge in [-0.1, -0.05) is 20.3 Å². The summed E-state index contributed by atoms with van der Waals surface area (Å²) in [6.45, 7) is 7.19. The van der Waals surface area contributed by atoms with Gasteiger partial charge in [0.25, 0.3) is 0 Å². The summed E-state index contributed by atoms with van der Waals surface area (Å²) in [5, 5.41) is 3.41. The van der Waals surface area contributed by atoms with Crippen LogP contribution in [0.3, 0.4) is 0 Å². The average molecular weight is 198 g/mol. The number of hydrogen-bond donors (Lipinski definition) is 1. The van der Waals surface area contributed by atoms with Crippen molar-refractivity contribution in [3.63, 3.8) is 0 Å². The second-order valence-electron chi connectivity index (χ2n) is 4.47. The molecule has 14 heavy (non-hydrogen) atoms. The van der Waals surface area contributed by atoms with E-state index in [0.29, 0.717) is 0 Å². The van der Waals surface area contributed by atoms with Crippen molar-refractivity contribution in [2.75, 3.05) is 20.1 Å². The number of likely N-dealkylation sites (tertiary alicyclic amines) is 1. The molecule has 0 aromatic heterocycles. The molecule has 1 aliphatic heterocycles. The van der Waals surface area contributed by atoms with Gasteiger partial charge in [0.05, 0.1) is 0 Å². The van der Waals surface area contributed by atoms with E-state index in [1.54, 1.807) is 0 Å². The van der Waals surface area contributed by atoms with Crippen LogP contribution in [0.15, 0.2) is 0 Å². The molecule has 2 heteroatoms. The van der Waals surface area contributed by atoms with Gasteiger partial charge in [-0.15, -0.1) is 0 Å². The maximum Gasteiger partial charge on any atom is 0.0192 e. The van der Waals surface area contributed by atoms with E-state index in [-0.39, 0.29) is 0 Å². The zero-order chi connectivity index (χ0) is 10.4. The summed E-state index contributed by atoms with van der Waals surface area (Å²) in [5.41, 5.74) is 0. The molecule has 0 aromatic carbocycles. The van der Waals surface area contributed by atoms with Crippen molar-refractivity contribution < 1.29 is 0 Å². The molecule has 2 unspecified atom stereocenters. The molecule has 1 heterocycles. The smallest absolute Gasteiger partial charge is 0.0192 e. The first kappa shape index (κ1) is 12.0. The van der Waals surface area contributed by atoms with Crippen LogP contribution in [-0.4, -0.2) is 37.1 Å². The van der Waals surface area contributed by atoms with Crippen molar-refractivity contribution in [2.45, 2.75) is 58.0 Å². The maximum absolute atomic E-state index is 3.41. The summed E-state index contributed by atoms with van der Waals surface area (Å²) in [4.78, 5) is 2.69. The van der Waals surface area contributed by atoms with Gasteiger partial charge in [-0.2, -0.15) is 0 Å². The van der Waals surface area contributed by atoms with Crippen LogP contribution in [0.1, 0.15) is 46.0 Å². The Balaban J connectivity index is 2.40. The fourth-order valence-electron chi connectivity index (χ4n) is 2.55. The molecule has 1 aliphatic rings. The van der Waals surface area contributed by atoms with Crippen LogP contribution in [-0.2, 0) is 0 Å². The molecule has 0 amide bonds. The SMILES string of the molecule is CCCC(CC)N1CCCC(NC)C1. The zero-order valence-corrected chi connectivity index (χ0v) is 10.1. The molecule has 0 saturated carbocycles. The first-order valence-corrected chi connectivity index (χ1v) is 6.23. The predicted octanol–water partition coefficient (Wildman–Crippen LogP) is 2.25. The van der Waals surface area contributed by atoms with Crippen molar-refractivity contribution in [3.8, 4) is 0 Å². The molecule has 1 N–H and O–H groups in total. The molecular formula is C12H26N2. The lowest BCUT2D eigenvalue weighted by molar-refractivity contribution is 0.129. The Bertz CT molecular complexity index is 147. The third-order valence-electron chi connectivity index (χ3n) is 3.47. The maximum atomic E-state index is 3.41. The summed E-state index contributed by atoms with van der Waals surface area (Å²) < 4.78 is 0. The van der Waals surface area contributed by atoms with Gasteiger partial charge < -0.3 is 5.32 Å². The summed E-state index contributed by atoms with van der Waals surface area (Å²) in [6.07, 6.45) is 6.72. The van der Waals surface area contributed by atoms with Gasteiger partial charge in [-0.05, 0) is 39.3 Å². The molecule has 1 fully saturated rings. The number of nitrogens with one attached hydrogen (secondary N) is 1. The van der Waals surface area contributed by atoms with E-state index in [4.69, 9.17) is 0 Å². The third-order valence-corrected chi connectivity index (χ3v) is 3.47. The van der Waals surface area contributed by atoms with Gasteiger partial charge in [-0.3, -0.25) is 4.90 Å². The number of hydrogen-bond acceptors (Lipinski definition) is 2.